The number of carbonyl (C=O) groups is 1. The lowest BCUT2D eigenvalue weighted by Crippen LogP contribution is -2.60. The molecule has 5 heterocycles. The maximum Gasteiger partial charge on any atom is 0.311 e. The number of cyclic esters (lactones) is 1. The summed E-state index contributed by atoms with van der Waals surface area (Å²) in [7, 11) is 5.33. The van der Waals surface area contributed by atoms with Gasteiger partial charge < -0.3 is 63.8 Å². The topological polar surface area (TPSA) is 214 Å². The second kappa shape index (κ2) is 23.9. The minimum absolute atomic E-state index is 0.108. The van der Waals surface area contributed by atoms with Crippen LogP contribution in [0.5, 0.6) is 0 Å². The van der Waals surface area contributed by atoms with Gasteiger partial charge in [0, 0.05) is 69.0 Å². The first-order chi connectivity index (χ1) is 34.9. The van der Waals surface area contributed by atoms with E-state index in [-0.39, 0.29) is 31.3 Å². The fraction of sp³-hybridized carbons (Fsp3) is 0.732. The van der Waals surface area contributed by atoms with Gasteiger partial charge in [-0.3, -0.25) is 14.4 Å². The number of carbonyl (C=O) groups excluding carboxylic acids is 1. The maximum atomic E-state index is 14.5. The number of esters is 1. The lowest BCUT2D eigenvalue weighted by molar-refractivity contribution is -0.318. The number of ether oxygens (including phenoxy) is 6. The number of benzene rings is 2. The molecule has 0 saturated carbocycles. The van der Waals surface area contributed by atoms with Gasteiger partial charge in [0.25, 0.3) is 0 Å². The Morgan fingerprint density at radius 2 is 1.61 bits per heavy atom. The van der Waals surface area contributed by atoms with Gasteiger partial charge in [-0.25, -0.2) is 0 Å². The molecular formula is C56H88N6O12. The van der Waals surface area contributed by atoms with Gasteiger partial charge in [-0.1, -0.05) is 68.4 Å². The number of hydrogen-bond acceptors (Lipinski definition) is 17. The Morgan fingerprint density at radius 3 is 2.30 bits per heavy atom. The Hall–Kier alpha value is -3.63. The number of rotatable bonds is 13. The van der Waals surface area contributed by atoms with Gasteiger partial charge in [0.2, 0.25) is 0 Å². The Balaban J connectivity index is 1.12. The van der Waals surface area contributed by atoms with Crippen LogP contribution in [-0.2, 0) is 52.7 Å². The van der Waals surface area contributed by atoms with Crippen LogP contribution in [-0.4, -0.2) is 187 Å². The molecule has 0 aliphatic carbocycles. The number of fused-ring (bicyclic) bond motifs is 1. The number of nitrogens with zero attached hydrogens (tertiary/aromatic N) is 6. The summed E-state index contributed by atoms with van der Waals surface area (Å²) < 4.78 is 40.4. The van der Waals surface area contributed by atoms with Crippen LogP contribution in [0.2, 0.25) is 0 Å². The van der Waals surface area contributed by atoms with Crippen molar-refractivity contribution < 1.29 is 58.7 Å². The number of methoxy groups -OCH3 is 1. The van der Waals surface area contributed by atoms with E-state index in [2.05, 4.69) is 56.5 Å². The number of para-hydroxylation sites is 1. The molecule has 4 aliphatic rings. The van der Waals surface area contributed by atoms with Crippen molar-refractivity contribution in [2.24, 2.45) is 17.8 Å². The highest BCUT2D eigenvalue weighted by Gasteiger charge is 2.53. The summed E-state index contributed by atoms with van der Waals surface area (Å²) in [5.74, 6) is -2.75. The van der Waals surface area contributed by atoms with Crippen LogP contribution < -0.4 is 4.90 Å². The van der Waals surface area contributed by atoms with Gasteiger partial charge in [-0.15, -0.1) is 5.10 Å². The van der Waals surface area contributed by atoms with Crippen LogP contribution in [0.1, 0.15) is 106 Å². The van der Waals surface area contributed by atoms with Crippen LogP contribution in [0.4, 0.5) is 5.69 Å². The molecule has 2 aromatic carbocycles. The fourth-order valence-corrected chi connectivity index (χ4v) is 12.2. The van der Waals surface area contributed by atoms with E-state index in [1.54, 1.807) is 34.6 Å². The maximum absolute atomic E-state index is 14.5. The van der Waals surface area contributed by atoms with Crippen molar-refractivity contribution >= 4 is 11.7 Å². The standard InChI is InChI=1S/C56H88N6O12/c1-14-45-56(10,68)49(64)37(6)59(11)30-33(2)28-54(8,67)51(35(4)48(36(5)52(66)72-45)73-46-29-55(9,69-13)50(65)38(7)71-46)74-53-47(63)44(27-34(3)70-53)60(12)31-39-19-21-40(22-20-39)42-32-62(58-57-42)26-25-61-24-23-41-17-15-16-18-43(41)61/h15-22,32-38,44-51,53,63-65,67-68H,14,23-31H2,1-13H3/t33-,34-,35+,36-,37-,38+,44+,45-,46+,47-,48+,49-,50+,51-,53+,54-,55-,56-/m1/s1. The molecule has 18 heteroatoms. The highest BCUT2D eigenvalue weighted by molar-refractivity contribution is 5.73. The highest BCUT2D eigenvalue weighted by Crippen LogP contribution is 2.41. The first-order valence-corrected chi connectivity index (χ1v) is 27.0. The molecule has 74 heavy (non-hydrogen) atoms. The molecule has 3 fully saturated rings. The van der Waals surface area contributed by atoms with Crippen molar-refractivity contribution in [1.29, 1.82) is 0 Å². The molecule has 5 N–H and O–H groups in total. The third-order valence-electron chi connectivity index (χ3n) is 16.9. The number of likely N-dealkylation sites (N-methyl/N-ethyl adjacent to an activating group) is 2. The molecule has 3 saturated heterocycles. The van der Waals surface area contributed by atoms with E-state index >= 15 is 0 Å². The number of aliphatic hydroxyl groups is 5. The second-order valence-electron chi connectivity index (χ2n) is 23.0. The van der Waals surface area contributed by atoms with Gasteiger partial charge >= 0.3 is 5.97 Å². The minimum atomic E-state index is -1.83. The van der Waals surface area contributed by atoms with E-state index in [4.69, 9.17) is 28.4 Å². The van der Waals surface area contributed by atoms with Gasteiger partial charge in [0.15, 0.2) is 12.6 Å². The molecule has 0 spiro atoms. The zero-order chi connectivity index (χ0) is 54.0. The molecule has 3 aromatic rings. The molecule has 414 valence electrons. The molecular weight excluding hydrogens is 949 g/mol. The summed E-state index contributed by atoms with van der Waals surface area (Å²) in [6, 6.07) is 15.8. The van der Waals surface area contributed by atoms with Crippen LogP contribution in [0.25, 0.3) is 11.3 Å². The zero-order valence-corrected chi connectivity index (χ0v) is 46.2. The van der Waals surface area contributed by atoms with Crippen molar-refractivity contribution in [3.8, 4) is 11.3 Å². The monoisotopic (exact) mass is 1040 g/mol. The van der Waals surface area contributed by atoms with Crippen LogP contribution in [0, 0.1) is 17.8 Å². The van der Waals surface area contributed by atoms with Gasteiger partial charge in [-0.2, -0.15) is 0 Å². The molecule has 4 aliphatic heterocycles. The summed E-state index contributed by atoms with van der Waals surface area (Å²) >= 11 is 0. The van der Waals surface area contributed by atoms with Crippen LogP contribution >= 0.6 is 0 Å². The molecule has 0 unspecified atom stereocenters. The fourth-order valence-electron chi connectivity index (χ4n) is 12.2. The molecule has 0 amide bonds. The average Bonchev–Trinajstić information content (AvgIpc) is 4.02. The van der Waals surface area contributed by atoms with Gasteiger partial charge in [-0.05, 0) is 111 Å². The zero-order valence-electron chi connectivity index (χ0n) is 46.2. The first kappa shape index (κ1) is 58.1. The lowest BCUT2D eigenvalue weighted by atomic mass is 9.77. The number of anilines is 1. The third kappa shape index (κ3) is 12.9. The van der Waals surface area contributed by atoms with Crippen LogP contribution in [0.3, 0.4) is 0 Å². The molecule has 18 atom stereocenters. The summed E-state index contributed by atoms with van der Waals surface area (Å²) in [6.45, 7) is 21.2. The predicted octanol–water partition coefficient (Wildman–Crippen LogP) is 4.79. The van der Waals surface area contributed by atoms with Crippen molar-refractivity contribution in [1.82, 2.24) is 24.8 Å². The lowest BCUT2D eigenvalue weighted by Gasteiger charge is -2.49. The number of aromatic nitrogens is 3. The second-order valence-corrected chi connectivity index (χ2v) is 23.0. The van der Waals surface area contributed by atoms with Gasteiger partial charge in [0.1, 0.15) is 35.7 Å². The summed E-state index contributed by atoms with van der Waals surface area (Å²) in [4.78, 5) is 20.9. The van der Waals surface area contributed by atoms with E-state index in [0.29, 0.717) is 19.5 Å². The summed E-state index contributed by atoms with van der Waals surface area (Å²) in [5.41, 5.74) is 0.935. The van der Waals surface area contributed by atoms with E-state index in [1.165, 1.54) is 25.3 Å². The van der Waals surface area contributed by atoms with Crippen molar-refractivity contribution in [3.05, 3.63) is 65.9 Å². The third-order valence-corrected chi connectivity index (χ3v) is 16.9. The molecule has 1 aromatic heterocycles. The molecule has 0 radical (unpaired) electrons. The number of aliphatic hydroxyl groups excluding tert-OH is 3. The quantitative estimate of drug-likeness (QED) is 0.146. The largest absolute Gasteiger partial charge is 0.459 e. The average molecular weight is 1040 g/mol. The van der Waals surface area contributed by atoms with E-state index < -0.39 is 102 Å². The summed E-state index contributed by atoms with van der Waals surface area (Å²) in [6.07, 6.45) is -5.90. The first-order valence-electron chi connectivity index (χ1n) is 27.0. The van der Waals surface area contributed by atoms with E-state index in [1.807, 2.05) is 69.7 Å². The number of hydrogen-bond donors (Lipinski definition) is 5. The molecule has 0 bridgehead atoms. The predicted molar refractivity (Wildman–Crippen MR) is 280 cm³/mol. The van der Waals surface area contributed by atoms with Crippen molar-refractivity contribution in [3.63, 3.8) is 0 Å². The smallest absolute Gasteiger partial charge is 0.311 e. The highest BCUT2D eigenvalue weighted by atomic mass is 16.7. The summed E-state index contributed by atoms with van der Waals surface area (Å²) in [5, 5.41) is 68.8. The Kier molecular flexibility index (Phi) is 18.8. The van der Waals surface area contributed by atoms with E-state index in [0.717, 1.165) is 42.9 Å². The normalized spacial score (nSPS) is 39.1. The van der Waals surface area contributed by atoms with Crippen LogP contribution in [0.15, 0.2) is 54.7 Å². The van der Waals surface area contributed by atoms with Gasteiger partial charge in [0.05, 0.1) is 54.3 Å². The molecule has 7 rings (SSSR count). The SMILES string of the molecule is CC[C@H]1OC(=O)[C@H](C)[C@@H](O[C@H]2C[C@@](C)(OC)[C@@H](O)[C@H](C)O2)[C@H](C)[C@@H](O[C@@H]2O[C@H](C)C[C@H](N(C)Cc3ccc(-c4cn(CCN5CCc6ccccc65)nn4)cc3)[C@H]2O)[C@](C)(O)C[C@@H](C)CN(C)[C@H](C)[C@@H](O)[C@]1(C)O. The Morgan fingerprint density at radius 1 is 0.905 bits per heavy atom. The van der Waals surface area contributed by atoms with Crippen molar-refractivity contribution in [2.45, 2.75) is 205 Å². The van der Waals surface area contributed by atoms with Crippen molar-refractivity contribution in [2.75, 3.05) is 45.7 Å². The minimum Gasteiger partial charge on any atom is -0.459 e. The van der Waals surface area contributed by atoms with E-state index in [9.17, 15) is 30.3 Å². The Labute approximate surface area is 439 Å². The Bertz CT molecular complexity index is 2280. The molecule has 18 nitrogen and oxygen atoms in total.